The van der Waals surface area contributed by atoms with E-state index in [2.05, 4.69) is 16.7 Å². The van der Waals surface area contributed by atoms with Gasteiger partial charge in [0.05, 0.1) is 11.6 Å². The fourth-order valence-electron chi connectivity index (χ4n) is 2.07. The summed E-state index contributed by atoms with van der Waals surface area (Å²) in [4.78, 5) is 23.4. The van der Waals surface area contributed by atoms with Crippen LogP contribution in [-0.2, 0) is 11.3 Å². The van der Waals surface area contributed by atoms with Crippen molar-refractivity contribution in [2.45, 2.75) is 20.4 Å². The molecule has 0 unspecified atom stereocenters. The van der Waals surface area contributed by atoms with Gasteiger partial charge in [0.25, 0.3) is 5.91 Å². The van der Waals surface area contributed by atoms with Crippen LogP contribution in [0.3, 0.4) is 0 Å². The zero-order chi connectivity index (χ0) is 16.8. The molecule has 0 saturated carbocycles. The van der Waals surface area contributed by atoms with Gasteiger partial charge in [0.15, 0.2) is 0 Å². The molecule has 0 spiro atoms. The van der Waals surface area contributed by atoms with Crippen LogP contribution in [-0.4, -0.2) is 11.8 Å². The van der Waals surface area contributed by atoms with Gasteiger partial charge in [-0.3, -0.25) is 9.59 Å². The molecule has 2 aromatic rings. The fraction of sp³-hybridized carbons (Fsp3) is 0.167. The lowest BCUT2D eigenvalue weighted by Gasteiger charge is -2.10. The molecule has 0 atom stereocenters. The second-order valence-corrected chi connectivity index (χ2v) is 5.20. The summed E-state index contributed by atoms with van der Waals surface area (Å²) in [5.74, 6) is -0.399. The lowest BCUT2D eigenvalue weighted by atomic mass is 10.1. The molecular weight excluding hydrogens is 290 g/mol. The Morgan fingerprint density at radius 3 is 2.43 bits per heavy atom. The molecule has 0 bridgehead atoms. The molecule has 0 heterocycles. The highest BCUT2D eigenvalue weighted by atomic mass is 16.2. The van der Waals surface area contributed by atoms with E-state index in [1.54, 1.807) is 42.5 Å². The average Bonchev–Trinajstić information content (AvgIpc) is 2.54. The summed E-state index contributed by atoms with van der Waals surface area (Å²) in [6, 6.07) is 14.2. The van der Waals surface area contributed by atoms with Crippen molar-refractivity contribution in [3.63, 3.8) is 0 Å². The predicted molar refractivity (Wildman–Crippen MR) is 87.8 cm³/mol. The highest BCUT2D eigenvalue weighted by Crippen LogP contribution is 2.17. The van der Waals surface area contributed by atoms with Crippen LogP contribution in [0, 0.1) is 18.3 Å². The van der Waals surface area contributed by atoms with Crippen molar-refractivity contribution in [1.29, 1.82) is 5.26 Å². The smallest absolute Gasteiger partial charge is 0.251 e. The molecular formula is C18H17N3O2. The molecule has 2 aromatic carbocycles. The number of benzene rings is 2. The third-order valence-corrected chi connectivity index (χ3v) is 3.35. The zero-order valence-electron chi connectivity index (χ0n) is 13.0. The van der Waals surface area contributed by atoms with E-state index in [0.29, 0.717) is 23.4 Å². The van der Waals surface area contributed by atoms with Crippen LogP contribution in [0.15, 0.2) is 42.5 Å². The molecule has 116 valence electrons. The van der Waals surface area contributed by atoms with E-state index in [-0.39, 0.29) is 11.8 Å². The summed E-state index contributed by atoms with van der Waals surface area (Å²) in [5.41, 5.74) is 3.49. The first-order chi connectivity index (χ1) is 11.0. The number of carbonyl (C=O) groups is 2. The van der Waals surface area contributed by atoms with Crippen LogP contribution in [0.2, 0.25) is 0 Å². The molecule has 23 heavy (non-hydrogen) atoms. The lowest BCUT2D eigenvalue weighted by Crippen LogP contribution is -2.23. The Balaban J connectivity index is 2.05. The minimum atomic E-state index is -0.221. The van der Waals surface area contributed by atoms with Gasteiger partial charge >= 0.3 is 0 Å². The van der Waals surface area contributed by atoms with Gasteiger partial charge in [-0.05, 0) is 42.3 Å². The Morgan fingerprint density at radius 1 is 1.13 bits per heavy atom. The minimum Gasteiger partial charge on any atom is -0.348 e. The Bertz CT molecular complexity index is 774. The Hall–Kier alpha value is -3.13. The number of nitrogens with one attached hydrogen (secondary N) is 2. The number of nitrogens with zero attached hydrogens (tertiary/aromatic N) is 1. The van der Waals surface area contributed by atoms with E-state index in [1.165, 1.54) is 6.92 Å². The molecule has 2 N–H and O–H groups in total. The zero-order valence-corrected chi connectivity index (χ0v) is 13.0. The molecule has 5 nitrogen and oxygen atoms in total. The Morgan fingerprint density at radius 2 is 1.83 bits per heavy atom. The first kappa shape index (κ1) is 16.2. The molecule has 0 saturated heterocycles. The van der Waals surface area contributed by atoms with Crippen LogP contribution in [0.25, 0.3) is 0 Å². The minimum absolute atomic E-state index is 0.178. The van der Waals surface area contributed by atoms with Gasteiger partial charge in [0.2, 0.25) is 5.91 Å². The number of anilines is 1. The SMILES string of the molecule is CC(=O)Nc1cc(C(=O)NCc2ccc(C#N)cc2)ccc1C. The van der Waals surface area contributed by atoms with E-state index in [1.807, 2.05) is 6.92 Å². The number of aryl methyl sites for hydroxylation is 1. The van der Waals surface area contributed by atoms with E-state index >= 15 is 0 Å². The van der Waals surface area contributed by atoms with Crippen molar-refractivity contribution in [2.75, 3.05) is 5.32 Å². The standard InChI is InChI=1S/C18H17N3O2/c1-12-3-8-16(9-17(12)21-13(2)22)18(23)20-11-15-6-4-14(10-19)5-7-15/h3-9H,11H2,1-2H3,(H,20,23)(H,21,22). The van der Waals surface area contributed by atoms with Gasteiger partial charge in [-0.1, -0.05) is 18.2 Å². The molecule has 0 aliphatic heterocycles. The highest BCUT2D eigenvalue weighted by Gasteiger charge is 2.09. The quantitative estimate of drug-likeness (QED) is 0.911. The third-order valence-electron chi connectivity index (χ3n) is 3.35. The van der Waals surface area contributed by atoms with Crippen LogP contribution in [0.1, 0.15) is 34.0 Å². The summed E-state index contributed by atoms with van der Waals surface area (Å²) in [6.07, 6.45) is 0. The van der Waals surface area contributed by atoms with Crippen LogP contribution in [0.5, 0.6) is 0 Å². The maximum atomic E-state index is 12.2. The van der Waals surface area contributed by atoms with E-state index in [0.717, 1.165) is 11.1 Å². The molecule has 0 radical (unpaired) electrons. The first-order valence-electron chi connectivity index (χ1n) is 7.15. The van der Waals surface area contributed by atoms with Crippen molar-refractivity contribution in [1.82, 2.24) is 5.32 Å². The summed E-state index contributed by atoms with van der Waals surface area (Å²) in [6.45, 7) is 3.66. The van der Waals surface area contributed by atoms with Gasteiger partial charge in [-0.2, -0.15) is 5.26 Å². The average molecular weight is 307 g/mol. The van der Waals surface area contributed by atoms with Crippen molar-refractivity contribution in [2.24, 2.45) is 0 Å². The van der Waals surface area contributed by atoms with Crippen LogP contribution in [0.4, 0.5) is 5.69 Å². The van der Waals surface area contributed by atoms with Crippen molar-refractivity contribution < 1.29 is 9.59 Å². The summed E-state index contributed by atoms with van der Waals surface area (Å²) < 4.78 is 0. The number of amides is 2. The largest absolute Gasteiger partial charge is 0.348 e. The summed E-state index contributed by atoms with van der Waals surface area (Å²) in [7, 11) is 0. The maximum Gasteiger partial charge on any atom is 0.251 e. The van der Waals surface area contributed by atoms with Crippen LogP contribution >= 0.6 is 0 Å². The molecule has 0 fully saturated rings. The number of carbonyl (C=O) groups excluding carboxylic acids is 2. The summed E-state index contributed by atoms with van der Waals surface area (Å²) >= 11 is 0. The van der Waals surface area contributed by atoms with Gasteiger partial charge in [-0.25, -0.2) is 0 Å². The third kappa shape index (κ3) is 4.42. The fourth-order valence-corrected chi connectivity index (χ4v) is 2.07. The second kappa shape index (κ2) is 7.23. The molecule has 0 aromatic heterocycles. The number of nitriles is 1. The maximum absolute atomic E-state index is 12.2. The Labute approximate surface area is 134 Å². The molecule has 0 aliphatic rings. The van der Waals surface area contributed by atoms with Crippen molar-refractivity contribution in [3.05, 3.63) is 64.7 Å². The highest BCUT2D eigenvalue weighted by molar-refractivity contribution is 5.97. The Kier molecular flexibility index (Phi) is 5.11. The van der Waals surface area contributed by atoms with Gasteiger partial charge < -0.3 is 10.6 Å². The monoisotopic (exact) mass is 307 g/mol. The second-order valence-electron chi connectivity index (χ2n) is 5.20. The number of hydrogen-bond donors (Lipinski definition) is 2. The van der Waals surface area contributed by atoms with Gasteiger partial charge in [-0.15, -0.1) is 0 Å². The topological polar surface area (TPSA) is 82.0 Å². The van der Waals surface area contributed by atoms with Gasteiger partial charge in [0, 0.05) is 24.7 Å². The first-order valence-corrected chi connectivity index (χ1v) is 7.15. The van der Waals surface area contributed by atoms with Crippen molar-refractivity contribution >= 4 is 17.5 Å². The molecule has 5 heteroatoms. The van der Waals surface area contributed by atoms with Crippen LogP contribution < -0.4 is 10.6 Å². The van der Waals surface area contributed by atoms with E-state index in [9.17, 15) is 9.59 Å². The number of hydrogen-bond acceptors (Lipinski definition) is 3. The molecule has 2 amide bonds. The van der Waals surface area contributed by atoms with Crippen molar-refractivity contribution in [3.8, 4) is 6.07 Å². The molecule has 0 aliphatic carbocycles. The molecule has 2 rings (SSSR count). The summed E-state index contributed by atoms with van der Waals surface area (Å²) in [5, 5.41) is 14.3. The number of rotatable bonds is 4. The lowest BCUT2D eigenvalue weighted by molar-refractivity contribution is -0.114. The normalized spacial score (nSPS) is 9.78. The van der Waals surface area contributed by atoms with E-state index in [4.69, 9.17) is 5.26 Å². The van der Waals surface area contributed by atoms with Gasteiger partial charge in [0.1, 0.15) is 0 Å². The predicted octanol–water partition coefficient (Wildman–Crippen LogP) is 2.76. The van der Waals surface area contributed by atoms with E-state index < -0.39 is 0 Å².